The zero-order chi connectivity index (χ0) is 17.2. The Morgan fingerprint density at radius 2 is 2.00 bits per heavy atom. The third-order valence-corrected chi connectivity index (χ3v) is 5.09. The molecule has 0 unspecified atom stereocenters. The quantitative estimate of drug-likeness (QED) is 0.856. The third kappa shape index (κ3) is 3.43. The first-order valence-electron chi connectivity index (χ1n) is 8.41. The van der Waals surface area contributed by atoms with Crippen LogP contribution in [0.5, 0.6) is 0 Å². The molecule has 6 heteroatoms. The molecule has 130 valence electrons. The lowest BCUT2D eigenvalue weighted by Gasteiger charge is -2.45. The smallest absolute Gasteiger partial charge is 0.227 e. The van der Waals surface area contributed by atoms with E-state index >= 15 is 0 Å². The lowest BCUT2D eigenvalue weighted by molar-refractivity contribution is -0.0372. The van der Waals surface area contributed by atoms with Gasteiger partial charge in [-0.25, -0.2) is 4.98 Å². The monoisotopic (exact) mass is 322 g/mol. The second-order valence-electron chi connectivity index (χ2n) is 6.93. The minimum atomic E-state index is -0.543. The Balaban J connectivity index is 2.28. The molecule has 0 radical (unpaired) electrons. The van der Waals surface area contributed by atoms with E-state index in [1.807, 2.05) is 32.8 Å². The van der Waals surface area contributed by atoms with Crippen LogP contribution in [-0.2, 0) is 0 Å². The van der Waals surface area contributed by atoms with Crippen LogP contribution in [0, 0.1) is 19.3 Å². The fourth-order valence-electron chi connectivity index (χ4n) is 3.37. The fourth-order valence-corrected chi connectivity index (χ4v) is 3.37. The standard InChI is InChI=1S/C17H30N4O2/c1-6-7-17(11-22)8-9-21(10-14(17)23)15-12(2)13(3)18-16(19-15)20(4)5/h14,22-23H,6-11H2,1-5H3/t14-,17-/m1/s1. The normalized spacial score (nSPS) is 24.8. The van der Waals surface area contributed by atoms with Crippen molar-refractivity contribution in [3.63, 3.8) is 0 Å². The predicted octanol–water partition coefficient (Wildman–Crippen LogP) is 1.51. The van der Waals surface area contributed by atoms with Crippen LogP contribution in [0.25, 0.3) is 0 Å². The predicted molar refractivity (Wildman–Crippen MR) is 93.1 cm³/mol. The van der Waals surface area contributed by atoms with Gasteiger partial charge in [0.1, 0.15) is 5.82 Å². The molecule has 1 saturated heterocycles. The lowest BCUT2D eigenvalue weighted by atomic mass is 9.73. The second kappa shape index (κ2) is 7.01. The molecule has 0 amide bonds. The number of aliphatic hydroxyl groups excluding tert-OH is 2. The van der Waals surface area contributed by atoms with Crippen LogP contribution in [0.1, 0.15) is 37.4 Å². The molecule has 2 N–H and O–H groups in total. The van der Waals surface area contributed by atoms with E-state index in [9.17, 15) is 10.2 Å². The summed E-state index contributed by atoms with van der Waals surface area (Å²) in [5.41, 5.74) is 1.64. The summed E-state index contributed by atoms with van der Waals surface area (Å²) in [7, 11) is 3.86. The van der Waals surface area contributed by atoms with Crippen molar-refractivity contribution in [3.05, 3.63) is 11.3 Å². The number of aliphatic hydroxyl groups is 2. The first-order chi connectivity index (χ1) is 10.8. The van der Waals surface area contributed by atoms with E-state index in [0.717, 1.165) is 42.9 Å². The highest BCUT2D eigenvalue weighted by atomic mass is 16.3. The van der Waals surface area contributed by atoms with Crippen molar-refractivity contribution in [1.29, 1.82) is 0 Å². The molecule has 0 bridgehead atoms. The second-order valence-corrected chi connectivity index (χ2v) is 6.93. The number of piperidine rings is 1. The van der Waals surface area contributed by atoms with Crippen molar-refractivity contribution >= 4 is 11.8 Å². The summed E-state index contributed by atoms with van der Waals surface area (Å²) in [5, 5.41) is 20.5. The Hall–Kier alpha value is -1.40. The van der Waals surface area contributed by atoms with Gasteiger partial charge in [-0.15, -0.1) is 0 Å². The summed E-state index contributed by atoms with van der Waals surface area (Å²) >= 11 is 0. The van der Waals surface area contributed by atoms with E-state index in [2.05, 4.69) is 21.8 Å². The molecule has 0 aromatic carbocycles. The molecule has 1 aromatic heterocycles. The number of rotatable bonds is 5. The zero-order valence-corrected chi connectivity index (χ0v) is 15.0. The maximum absolute atomic E-state index is 10.7. The average molecular weight is 322 g/mol. The van der Waals surface area contributed by atoms with Gasteiger partial charge >= 0.3 is 0 Å². The number of nitrogens with zero attached hydrogens (tertiary/aromatic N) is 4. The van der Waals surface area contributed by atoms with Gasteiger partial charge in [0.2, 0.25) is 5.95 Å². The SMILES string of the molecule is CCC[C@]1(CO)CCN(c2nc(N(C)C)nc(C)c2C)C[C@H]1O. The van der Waals surface area contributed by atoms with E-state index in [0.29, 0.717) is 12.5 Å². The van der Waals surface area contributed by atoms with Crippen LogP contribution in [-0.4, -0.2) is 60.1 Å². The molecule has 1 fully saturated rings. The molecule has 23 heavy (non-hydrogen) atoms. The average Bonchev–Trinajstić information content (AvgIpc) is 2.52. The third-order valence-electron chi connectivity index (χ3n) is 5.09. The van der Waals surface area contributed by atoms with Crippen LogP contribution >= 0.6 is 0 Å². The molecular formula is C17H30N4O2. The first kappa shape index (κ1) is 17.9. The van der Waals surface area contributed by atoms with Crippen LogP contribution in [0.2, 0.25) is 0 Å². The molecule has 1 aliphatic rings. The first-order valence-corrected chi connectivity index (χ1v) is 8.41. The topological polar surface area (TPSA) is 72.7 Å². The van der Waals surface area contributed by atoms with Gasteiger partial charge in [0.15, 0.2) is 0 Å². The van der Waals surface area contributed by atoms with Crippen molar-refractivity contribution in [2.75, 3.05) is 43.6 Å². The van der Waals surface area contributed by atoms with Crippen LogP contribution in [0.4, 0.5) is 11.8 Å². The van der Waals surface area contributed by atoms with Gasteiger partial charge < -0.3 is 20.0 Å². The van der Waals surface area contributed by atoms with E-state index < -0.39 is 6.10 Å². The van der Waals surface area contributed by atoms with Gasteiger partial charge in [0.25, 0.3) is 0 Å². The number of β-amino-alcohol motifs (C(OH)–C–C–N with tert-alkyl or cyclic N) is 1. The van der Waals surface area contributed by atoms with Gasteiger partial charge in [-0.3, -0.25) is 0 Å². The van der Waals surface area contributed by atoms with E-state index in [1.54, 1.807) is 0 Å². The Kier molecular flexibility index (Phi) is 5.47. The van der Waals surface area contributed by atoms with Crippen molar-refractivity contribution in [1.82, 2.24) is 9.97 Å². The highest BCUT2D eigenvalue weighted by Crippen LogP contribution is 2.38. The molecule has 0 spiro atoms. The number of aromatic nitrogens is 2. The molecular weight excluding hydrogens is 292 g/mol. The minimum absolute atomic E-state index is 0.0422. The van der Waals surface area contributed by atoms with E-state index in [4.69, 9.17) is 0 Å². The van der Waals surface area contributed by atoms with Gasteiger partial charge in [-0.1, -0.05) is 13.3 Å². The van der Waals surface area contributed by atoms with Gasteiger partial charge in [0, 0.05) is 43.9 Å². The maximum atomic E-state index is 10.7. The minimum Gasteiger partial charge on any atom is -0.396 e. The summed E-state index contributed by atoms with van der Waals surface area (Å²) in [4.78, 5) is 13.2. The Morgan fingerprint density at radius 1 is 1.30 bits per heavy atom. The molecule has 0 aliphatic carbocycles. The summed E-state index contributed by atoms with van der Waals surface area (Å²) in [6, 6.07) is 0. The Bertz CT molecular complexity index is 550. The number of anilines is 2. The molecule has 1 aromatic rings. The van der Waals surface area contributed by atoms with Gasteiger partial charge in [-0.2, -0.15) is 4.98 Å². The summed E-state index contributed by atoms with van der Waals surface area (Å²) in [6.45, 7) is 7.45. The Labute approximate surface area is 139 Å². The maximum Gasteiger partial charge on any atom is 0.227 e. The van der Waals surface area contributed by atoms with E-state index in [-0.39, 0.29) is 12.0 Å². The molecule has 2 rings (SSSR count). The highest BCUT2D eigenvalue weighted by molar-refractivity contribution is 5.52. The van der Waals surface area contributed by atoms with Gasteiger partial charge in [-0.05, 0) is 26.7 Å². The molecule has 1 aliphatic heterocycles. The molecule has 2 atom stereocenters. The fraction of sp³-hybridized carbons (Fsp3) is 0.765. The number of aryl methyl sites for hydroxylation is 1. The summed E-state index contributed by atoms with van der Waals surface area (Å²) < 4.78 is 0. The number of hydrogen-bond donors (Lipinski definition) is 2. The zero-order valence-electron chi connectivity index (χ0n) is 15.0. The van der Waals surface area contributed by atoms with Crippen molar-refractivity contribution in [2.24, 2.45) is 5.41 Å². The van der Waals surface area contributed by atoms with Crippen LogP contribution in [0.3, 0.4) is 0 Å². The van der Waals surface area contributed by atoms with E-state index in [1.165, 1.54) is 0 Å². The van der Waals surface area contributed by atoms with Crippen molar-refractivity contribution < 1.29 is 10.2 Å². The molecule has 2 heterocycles. The Morgan fingerprint density at radius 3 is 2.52 bits per heavy atom. The van der Waals surface area contributed by atoms with Crippen LogP contribution in [0.15, 0.2) is 0 Å². The van der Waals surface area contributed by atoms with Crippen molar-refractivity contribution in [2.45, 2.75) is 46.1 Å². The summed E-state index contributed by atoms with van der Waals surface area (Å²) in [5.74, 6) is 1.58. The van der Waals surface area contributed by atoms with Crippen LogP contribution < -0.4 is 9.80 Å². The molecule has 6 nitrogen and oxygen atoms in total. The largest absolute Gasteiger partial charge is 0.396 e. The highest BCUT2D eigenvalue weighted by Gasteiger charge is 2.41. The number of hydrogen-bond acceptors (Lipinski definition) is 6. The molecule has 0 saturated carbocycles. The summed E-state index contributed by atoms with van der Waals surface area (Å²) in [6.07, 6.45) is 2.05. The van der Waals surface area contributed by atoms with Gasteiger partial charge in [0.05, 0.1) is 12.7 Å². The van der Waals surface area contributed by atoms with Crippen molar-refractivity contribution in [3.8, 4) is 0 Å². The lowest BCUT2D eigenvalue weighted by Crippen LogP contribution is -2.53.